The summed E-state index contributed by atoms with van der Waals surface area (Å²) < 4.78 is 30.5. The third kappa shape index (κ3) is 2.57. The molecule has 0 aromatic carbocycles. The number of aryl methyl sites for hydroxylation is 2. The molecule has 1 saturated heterocycles. The van der Waals surface area contributed by atoms with Crippen LogP contribution in [0.25, 0.3) is 0 Å². The van der Waals surface area contributed by atoms with E-state index in [1.807, 2.05) is 10.9 Å². The molecule has 23 heavy (non-hydrogen) atoms. The zero-order valence-corrected chi connectivity index (χ0v) is 14.1. The average Bonchev–Trinajstić information content (AvgIpc) is 2.93. The van der Waals surface area contributed by atoms with Gasteiger partial charge in [-0.3, -0.25) is 0 Å². The van der Waals surface area contributed by atoms with Gasteiger partial charge in [-0.2, -0.15) is 4.31 Å². The van der Waals surface area contributed by atoms with E-state index in [1.54, 1.807) is 24.7 Å². The zero-order valence-electron chi connectivity index (χ0n) is 13.3. The topological polar surface area (TPSA) is 85.9 Å². The van der Waals surface area contributed by atoms with Gasteiger partial charge in [-0.25, -0.2) is 18.1 Å². The smallest absolute Gasteiger partial charge is 0.262 e. The molecule has 2 aliphatic rings. The molecule has 0 N–H and O–H groups in total. The minimum absolute atomic E-state index is 0.0505. The minimum Gasteiger partial charge on any atom is -0.337 e. The first-order valence-electron chi connectivity index (χ1n) is 7.87. The molecule has 1 saturated carbocycles. The van der Waals surface area contributed by atoms with E-state index in [0.29, 0.717) is 24.8 Å². The Morgan fingerprint density at radius 2 is 2.00 bits per heavy atom. The molecule has 0 spiro atoms. The Bertz CT molecular complexity index is 816. The predicted octanol–water partition coefficient (Wildman–Crippen LogP) is 0.833. The summed E-state index contributed by atoms with van der Waals surface area (Å²) in [6, 6.07) is 0.0505. The first-order valence-corrected chi connectivity index (χ1v) is 9.31. The van der Waals surface area contributed by atoms with E-state index in [0.717, 1.165) is 12.1 Å². The van der Waals surface area contributed by atoms with Crippen LogP contribution in [0, 0.1) is 6.92 Å². The number of hydrogen-bond donors (Lipinski definition) is 0. The Labute approximate surface area is 135 Å². The second kappa shape index (κ2) is 5.13. The molecule has 3 heterocycles. The summed E-state index contributed by atoms with van der Waals surface area (Å²) in [4.78, 5) is 4.16. The van der Waals surface area contributed by atoms with Gasteiger partial charge in [0.1, 0.15) is 5.82 Å². The summed E-state index contributed by atoms with van der Waals surface area (Å²) in [5.74, 6) is 1.24. The van der Waals surface area contributed by atoms with Crippen LogP contribution in [0.1, 0.15) is 42.7 Å². The highest BCUT2D eigenvalue weighted by Gasteiger charge is 2.36. The summed E-state index contributed by atoms with van der Waals surface area (Å²) in [5, 5.41) is 8.53. The second-order valence-corrected chi connectivity index (χ2v) is 8.33. The van der Waals surface area contributed by atoms with E-state index < -0.39 is 10.0 Å². The van der Waals surface area contributed by atoms with Gasteiger partial charge in [-0.15, -0.1) is 5.10 Å². The summed E-state index contributed by atoms with van der Waals surface area (Å²) in [6.45, 7) is 2.70. The molecule has 9 heteroatoms. The molecule has 2 aromatic heterocycles. The monoisotopic (exact) mass is 336 g/mol. The average molecular weight is 336 g/mol. The molecule has 1 aliphatic carbocycles. The first kappa shape index (κ1) is 14.8. The fraction of sp³-hybridized carbons (Fsp3) is 0.643. The molecule has 0 bridgehead atoms. The van der Waals surface area contributed by atoms with Crippen molar-refractivity contribution in [1.82, 2.24) is 28.9 Å². The van der Waals surface area contributed by atoms with Gasteiger partial charge in [0.15, 0.2) is 5.03 Å². The summed E-state index contributed by atoms with van der Waals surface area (Å²) >= 11 is 0. The van der Waals surface area contributed by atoms with Gasteiger partial charge in [0, 0.05) is 38.4 Å². The number of aromatic nitrogens is 5. The quantitative estimate of drug-likeness (QED) is 0.825. The maximum Gasteiger partial charge on any atom is 0.262 e. The lowest BCUT2D eigenvalue weighted by molar-refractivity contribution is 0.427. The first-order chi connectivity index (χ1) is 10.9. The van der Waals surface area contributed by atoms with Crippen molar-refractivity contribution in [1.29, 1.82) is 0 Å². The van der Waals surface area contributed by atoms with Crippen LogP contribution in [0.5, 0.6) is 0 Å². The van der Waals surface area contributed by atoms with E-state index in [9.17, 15) is 8.42 Å². The van der Waals surface area contributed by atoms with Crippen LogP contribution in [0.4, 0.5) is 0 Å². The number of imidazole rings is 1. The SMILES string of the molecule is Cc1nc(S(=O)(=O)N2CCC(n3cc(C4CC4)nn3)C2)cn1C. The fourth-order valence-electron chi connectivity index (χ4n) is 2.96. The Balaban J connectivity index is 1.52. The molecule has 2 fully saturated rings. The fourth-order valence-corrected chi connectivity index (χ4v) is 4.48. The van der Waals surface area contributed by atoms with Crippen molar-refractivity contribution in [3.8, 4) is 0 Å². The summed E-state index contributed by atoms with van der Waals surface area (Å²) in [5.41, 5.74) is 1.03. The van der Waals surface area contributed by atoms with Gasteiger partial charge in [0.25, 0.3) is 10.0 Å². The molecule has 1 unspecified atom stereocenters. The van der Waals surface area contributed by atoms with E-state index >= 15 is 0 Å². The highest BCUT2D eigenvalue weighted by Crippen LogP contribution is 2.39. The van der Waals surface area contributed by atoms with Crippen molar-refractivity contribution < 1.29 is 8.42 Å². The standard InChI is InChI=1S/C14H20N6O2S/c1-10-15-14(9-18(10)2)23(21,22)19-6-5-12(7-19)20-8-13(16-17-20)11-3-4-11/h8-9,11-12H,3-7H2,1-2H3. The molecule has 2 aromatic rings. The van der Waals surface area contributed by atoms with E-state index in [2.05, 4.69) is 15.3 Å². The Morgan fingerprint density at radius 3 is 2.65 bits per heavy atom. The molecule has 0 amide bonds. The Kier molecular flexibility index (Phi) is 3.31. The number of sulfonamides is 1. The molecule has 1 aliphatic heterocycles. The van der Waals surface area contributed by atoms with Gasteiger partial charge in [0.05, 0.1) is 11.7 Å². The van der Waals surface area contributed by atoms with Gasteiger partial charge < -0.3 is 4.57 Å². The molecule has 0 radical (unpaired) electrons. The lowest BCUT2D eigenvalue weighted by atomic mass is 10.2. The van der Waals surface area contributed by atoms with E-state index in [1.165, 1.54) is 17.1 Å². The molecule has 124 valence electrons. The zero-order chi connectivity index (χ0) is 16.2. The van der Waals surface area contributed by atoms with Gasteiger partial charge in [-0.05, 0) is 26.2 Å². The predicted molar refractivity (Wildman–Crippen MR) is 82.4 cm³/mol. The summed E-state index contributed by atoms with van der Waals surface area (Å²) in [7, 11) is -1.74. The minimum atomic E-state index is -3.54. The van der Waals surface area contributed by atoms with Crippen LogP contribution in [0.3, 0.4) is 0 Å². The van der Waals surface area contributed by atoms with Crippen molar-refractivity contribution in [2.45, 2.75) is 43.2 Å². The van der Waals surface area contributed by atoms with Crippen LogP contribution in [0.2, 0.25) is 0 Å². The molecular weight excluding hydrogens is 316 g/mol. The summed E-state index contributed by atoms with van der Waals surface area (Å²) in [6.07, 6.45) is 6.66. The van der Waals surface area contributed by atoms with E-state index in [-0.39, 0.29) is 11.1 Å². The number of hydrogen-bond acceptors (Lipinski definition) is 5. The highest BCUT2D eigenvalue weighted by molar-refractivity contribution is 7.89. The van der Waals surface area contributed by atoms with Gasteiger partial charge in [0.2, 0.25) is 0 Å². The Morgan fingerprint density at radius 1 is 1.22 bits per heavy atom. The lowest BCUT2D eigenvalue weighted by Gasteiger charge is -2.14. The van der Waals surface area contributed by atoms with Crippen LogP contribution in [-0.4, -0.2) is 50.4 Å². The maximum atomic E-state index is 12.7. The van der Waals surface area contributed by atoms with E-state index in [4.69, 9.17) is 0 Å². The second-order valence-electron chi connectivity index (χ2n) is 6.44. The Hall–Kier alpha value is -1.74. The maximum absolute atomic E-state index is 12.7. The van der Waals surface area contributed by atoms with Crippen LogP contribution in [-0.2, 0) is 17.1 Å². The van der Waals surface area contributed by atoms with Gasteiger partial charge in [-0.1, -0.05) is 5.21 Å². The third-order valence-corrected chi connectivity index (χ3v) is 6.45. The van der Waals surface area contributed by atoms with Crippen molar-refractivity contribution >= 4 is 10.0 Å². The molecular formula is C14H20N6O2S. The van der Waals surface area contributed by atoms with Crippen molar-refractivity contribution in [2.75, 3.05) is 13.1 Å². The van der Waals surface area contributed by atoms with Crippen LogP contribution in [0.15, 0.2) is 17.4 Å². The normalized spacial score (nSPS) is 22.8. The highest BCUT2D eigenvalue weighted by atomic mass is 32.2. The molecule has 1 atom stereocenters. The van der Waals surface area contributed by atoms with Crippen molar-refractivity contribution in [3.05, 3.63) is 23.9 Å². The van der Waals surface area contributed by atoms with Crippen LogP contribution < -0.4 is 0 Å². The van der Waals surface area contributed by atoms with Gasteiger partial charge >= 0.3 is 0 Å². The van der Waals surface area contributed by atoms with Crippen LogP contribution >= 0.6 is 0 Å². The molecule has 8 nitrogen and oxygen atoms in total. The van der Waals surface area contributed by atoms with Crippen molar-refractivity contribution in [2.24, 2.45) is 7.05 Å². The number of nitrogens with zero attached hydrogens (tertiary/aromatic N) is 6. The van der Waals surface area contributed by atoms with Crippen molar-refractivity contribution in [3.63, 3.8) is 0 Å². The number of rotatable bonds is 4. The largest absolute Gasteiger partial charge is 0.337 e. The third-order valence-electron chi connectivity index (χ3n) is 4.71. The molecule has 4 rings (SSSR count). The lowest BCUT2D eigenvalue weighted by Crippen LogP contribution is -2.29.